The Balaban J connectivity index is 1.96. The number of carbonyl (C=O) groups excluding carboxylic acids is 1. The van der Waals surface area contributed by atoms with Crippen molar-refractivity contribution in [3.05, 3.63) is 32.8 Å². The molecular formula is C14H18BrN3O4. The number of ether oxygens (including phenoxy) is 1. The number of nitrogens with zero attached hydrogens (tertiary/aromatic N) is 2. The zero-order valence-corrected chi connectivity index (χ0v) is 14.0. The molecule has 0 unspecified atom stereocenters. The van der Waals surface area contributed by atoms with Crippen molar-refractivity contribution < 1.29 is 14.5 Å². The van der Waals surface area contributed by atoms with E-state index in [1.54, 1.807) is 0 Å². The van der Waals surface area contributed by atoms with Gasteiger partial charge in [-0.15, -0.1) is 0 Å². The first-order valence-electron chi connectivity index (χ1n) is 6.96. The van der Waals surface area contributed by atoms with Gasteiger partial charge in [0.15, 0.2) is 0 Å². The third-order valence-corrected chi connectivity index (χ3v) is 3.96. The number of halogens is 1. The summed E-state index contributed by atoms with van der Waals surface area (Å²) < 4.78 is 6.11. The van der Waals surface area contributed by atoms with E-state index in [1.807, 2.05) is 18.7 Å². The Morgan fingerprint density at radius 2 is 2.09 bits per heavy atom. The number of nitrogens with one attached hydrogen (secondary N) is 1. The molecule has 0 aliphatic carbocycles. The van der Waals surface area contributed by atoms with Gasteiger partial charge in [-0.1, -0.05) is 0 Å². The van der Waals surface area contributed by atoms with Crippen LogP contribution in [-0.4, -0.2) is 47.6 Å². The van der Waals surface area contributed by atoms with Crippen molar-refractivity contribution in [3.8, 4) is 0 Å². The van der Waals surface area contributed by atoms with E-state index in [1.165, 1.54) is 18.2 Å². The van der Waals surface area contributed by atoms with Gasteiger partial charge in [-0.3, -0.25) is 19.8 Å². The number of rotatable bonds is 4. The van der Waals surface area contributed by atoms with Crippen LogP contribution >= 0.6 is 15.9 Å². The second-order valence-electron chi connectivity index (χ2n) is 5.42. The number of hydrogen-bond donors (Lipinski definition) is 1. The van der Waals surface area contributed by atoms with Gasteiger partial charge in [0, 0.05) is 29.7 Å². The summed E-state index contributed by atoms with van der Waals surface area (Å²) in [6.07, 6.45) is 0.199. The van der Waals surface area contributed by atoms with Crippen LogP contribution in [0.1, 0.15) is 13.8 Å². The van der Waals surface area contributed by atoms with Crippen molar-refractivity contribution in [3.63, 3.8) is 0 Å². The van der Waals surface area contributed by atoms with Crippen molar-refractivity contribution in [2.45, 2.75) is 26.1 Å². The highest BCUT2D eigenvalue weighted by atomic mass is 79.9. The van der Waals surface area contributed by atoms with Gasteiger partial charge in [0.05, 0.1) is 29.4 Å². The molecule has 22 heavy (non-hydrogen) atoms. The fraction of sp³-hybridized carbons (Fsp3) is 0.500. The van der Waals surface area contributed by atoms with Crippen molar-refractivity contribution in [1.29, 1.82) is 0 Å². The molecule has 1 aromatic rings. The normalized spacial score (nSPS) is 22.3. The minimum atomic E-state index is -0.479. The van der Waals surface area contributed by atoms with Gasteiger partial charge in [-0.25, -0.2) is 0 Å². The van der Waals surface area contributed by atoms with Crippen LogP contribution in [0.4, 0.5) is 11.4 Å². The molecular weight excluding hydrogens is 354 g/mol. The van der Waals surface area contributed by atoms with Crippen LogP contribution in [0, 0.1) is 10.1 Å². The first kappa shape index (κ1) is 16.9. The van der Waals surface area contributed by atoms with Crippen LogP contribution in [0.25, 0.3) is 0 Å². The number of non-ortho nitro benzene ring substituents is 1. The average Bonchev–Trinajstić information content (AvgIpc) is 2.39. The molecule has 1 aliphatic heterocycles. The van der Waals surface area contributed by atoms with E-state index in [9.17, 15) is 14.9 Å². The molecule has 0 bridgehead atoms. The zero-order chi connectivity index (χ0) is 16.3. The molecule has 0 radical (unpaired) electrons. The zero-order valence-electron chi connectivity index (χ0n) is 12.4. The summed E-state index contributed by atoms with van der Waals surface area (Å²) in [5, 5.41) is 13.5. The second kappa shape index (κ2) is 7.17. The molecule has 1 aliphatic rings. The molecule has 120 valence electrons. The molecule has 1 amide bonds. The number of nitro groups is 1. The van der Waals surface area contributed by atoms with Gasteiger partial charge in [-0.2, -0.15) is 0 Å². The molecule has 1 heterocycles. The molecule has 1 N–H and O–H groups in total. The number of carbonyl (C=O) groups is 1. The summed E-state index contributed by atoms with van der Waals surface area (Å²) in [5.41, 5.74) is 0.491. The van der Waals surface area contributed by atoms with E-state index < -0.39 is 4.92 Å². The van der Waals surface area contributed by atoms with Crippen LogP contribution in [0.2, 0.25) is 0 Å². The van der Waals surface area contributed by atoms with Crippen LogP contribution < -0.4 is 5.32 Å². The van der Waals surface area contributed by atoms with Crippen LogP contribution in [-0.2, 0) is 9.53 Å². The Labute approximate surface area is 136 Å². The number of morpholine rings is 1. The molecule has 1 fully saturated rings. The number of hydrogen-bond acceptors (Lipinski definition) is 5. The fourth-order valence-electron chi connectivity index (χ4n) is 2.53. The molecule has 0 aromatic heterocycles. The average molecular weight is 372 g/mol. The van der Waals surface area contributed by atoms with Gasteiger partial charge in [0.2, 0.25) is 5.91 Å². The second-order valence-corrected chi connectivity index (χ2v) is 6.28. The summed E-state index contributed by atoms with van der Waals surface area (Å²) in [7, 11) is 0. The standard InChI is InChI=1S/C14H18BrN3O4/c1-9-6-17(7-10(2)22-9)8-14(19)16-13-4-3-11(18(20)21)5-12(13)15/h3-5,9-10H,6-8H2,1-2H3,(H,16,19)/t9-,10-/m1/s1. The minimum Gasteiger partial charge on any atom is -0.373 e. The molecule has 8 heteroatoms. The predicted octanol–water partition coefficient (Wildman–Crippen LogP) is 2.41. The third-order valence-electron chi connectivity index (χ3n) is 3.30. The lowest BCUT2D eigenvalue weighted by atomic mass is 10.2. The lowest BCUT2D eigenvalue weighted by Gasteiger charge is -2.34. The molecule has 7 nitrogen and oxygen atoms in total. The topological polar surface area (TPSA) is 84.7 Å². The number of amides is 1. The van der Waals surface area contributed by atoms with E-state index in [-0.39, 0.29) is 30.3 Å². The summed E-state index contributed by atoms with van der Waals surface area (Å²) in [6.45, 7) is 5.64. The van der Waals surface area contributed by atoms with Crippen LogP contribution in [0.5, 0.6) is 0 Å². The third kappa shape index (κ3) is 4.49. The summed E-state index contributed by atoms with van der Waals surface area (Å²) in [6, 6.07) is 4.25. The van der Waals surface area contributed by atoms with Crippen molar-refractivity contribution >= 4 is 33.2 Å². The quantitative estimate of drug-likeness (QED) is 0.648. The van der Waals surface area contributed by atoms with Crippen molar-refractivity contribution in [2.24, 2.45) is 0 Å². The summed E-state index contributed by atoms with van der Waals surface area (Å²) in [5.74, 6) is -0.157. The fourth-order valence-corrected chi connectivity index (χ4v) is 2.99. The van der Waals surface area contributed by atoms with E-state index in [4.69, 9.17) is 4.74 Å². The maximum atomic E-state index is 12.1. The molecule has 0 spiro atoms. The largest absolute Gasteiger partial charge is 0.373 e. The van der Waals surface area contributed by atoms with Gasteiger partial charge < -0.3 is 10.1 Å². The van der Waals surface area contributed by atoms with E-state index in [2.05, 4.69) is 21.2 Å². The molecule has 1 saturated heterocycles. The van der Waals surface area contributed by atoms with Gasteiger partial charge in [0.1, 0.15) is 0 Å². The molecule has 0 saturated carbocycles. The smallest absolute Gasteiger partial charge is 0.270 e. The number of benzene rings is 1. The molecule has 1 aromatic carbocycles. The minimum absolute atomic E-state index is 0.0271. The van der Waals surface area contributed by atoms with Gasteiger partial charge >= 0.3 is 0 Å². The highest BCUT2D eigenvalue weighted by Gasteiger charge is 2.24. The summed E-state index contributed by atoms with van der Waals surface area (Å²) in [4.78, 5) is 24.4. The van der Waals surface area contributed by atoms with E-state index >= 15 is 0 Å². The van der Waals surface area contributed by atoms with Crippen LogP contribution in [0.15, 0.2) is 22.7 Å². The molecule has 2 atom stereocenters. The SMILES string of the molecule is C[C@@H]1CN(CC(=O)Nc2ccc([N+](=O)[O-])cc2Br)C[C@@H](C)O1. The lowest BCUT2D eigenvalue weighted by molar-refractivity contribution is -0.384. The van der Waals surface area contributed by atoms with Crippen LogP contribution in [0.3, 0.4) is 0 Å². The molecule has 2 rings (SSSR count). The monoisotopic (exact) mass is 371 g/mol. The van der Waals surface area contributed by atoms with E-state index in [0.717, 1.165) is 0 Å². The first-order chi connectivity index (χ1) is 10.3. The van der Waals surface area contributed by atoms with Gasteiger partial charge in [-0.05, 0) is 35.8 Å². The first-order valence-corrected chi connectivity index (χ1v) is 7.76. The predicted molar refractivity (Wildman–Crippen MR) is 85.9 cm³/mol. The Morgan fingerprint density at radius 1 is 1.45 bits per heavy atom. The number of anilines is 1. The Kier molecular flexibility index (Phi) is 5.49. The Hall–Kier alpha value is -1.51. The summed E-state index contributed by atoms with van der Waals surface area (Å²) >= 11 is 3.24. The highest BCUT2D eigenvalue weighted by molar-refractivity contribution is 9.10. The van der Waals surface area contributed by atoms with Crippen molar-refractivity contribution in [2.75, 3.05) is 25.0 Å². The maximum Gasteiger partial charge on any atom is 0.270 e. The Bertz CT molecular complexity index is 571. The van der Waals surface area contributed by atoms with Crippen molar-refractivity contribution in [1.82, 2.24) is 4.90 Å². The maximum absolute atomic E-state index is 12.1. The lowest BCUT2D eigenvalue weighted by Crippen LogP contribution is -2.48. The number of nitro benzene ring substituents is 1. The van der Waals surface area contributed by atoms with E-state index in [0.29, 0.717) is 23.2 Å². The van der Waals surface area contributed by atoms with Gasteiger partial charge in [0.25, 0.3) is 5.69 Å². The Morgan fingerprint density at radius 3 is 2.64 bits per heavy atom. The highest BCUT2D eigenvalue weighted by Crippen LogP contribution is 2.27.